The second kappa shape index (κ2) is 8.91. The molecule has 1 aromatic carbocycles. The minimum atomic E-state index is 0.727. The lowest BCUT2D eigenvalue weighted by Gasteiger charge is -2.22. The Morgan fingerprint density at radius 3 is 2.22 bits per heavy atom. The van der Waals surface area contributed by atoms with Gasteiger partial charge in [0, 0.05) is 12.1 Å². The fraction of sp³-hybridized carbons (Fsp3) is 0.571. The highest BCUT2D eigenvalue weighted by Crippen LogP contribution is 2.19. The van der Waals surface area contributed by atoms with Crippen LogP contribution in [-0.4, -0.2) is 38.2 Å². The van der Waals surface area contributed by atoms with Crippen molar-refractivity contribution in [1.82, 2.24) is 4.90 Å². The first-order valence-corrected chi connectivity index (χ1v) is 6.56. The van der Waals surface area contributed by atoms with Crippen LogP contribution in [0.5, 0.6) is 5.75 Å². The SMILES string of the molecule is COc1ccccc1CN(CCCN)CCCN. The van der Waals surface area contributed by atoms with E-state index in [4.69, 9.17) is 16.2 Å². The van der Waals surface area contributed by atoms with E-state index in [1.54, 1.807) is 7.11 Å². The van der Waals surface area contributed by atoms with E-state index in [0.29, 0.717) is 0 Å². The van der Waals surface area contributed by atoms with Gasteiger partial charge in [0.2, 0.25) is 0 Å². The molecule has 0 fully saturated rings. The summed E-state index contributed by atoms with van der Waals surface area (Å²) in [6, 6.07) is 8.14. The van der Waals surface area contributed by atoms with Crippen LogP contribution in [0.1, 0.15) is 18.4 Å². The van der Waals surface area contributed by atoms with Gasteiger partial charge in [0.15, 0.2) is 0 Å². The predicted octanol–water partition coefficient (Wildman–Crippen LogP) is 1.19. The van der Waals surface area contributed by atoms with E-state index in [1.807, 2.05) is 18.2 Å². The highest BCUT2D eigenvalue weighted by atomic mass is 16.5. The van der Waals surface area contributed by atoms with Gasteiger partial charge in [0.05, 0.1) is 7.11 Å². The molecule has 0 heterocycles. The zero-order valence-corrected chi connectivity index (χ0v) is 11.3. The lowest BCUT2D eigenvalue weighted by molar-refractivity contribution is 0.257. The molecule has 0 amide bonds. The van der Waals surface area contributed by atoms with Crippen LogP contribution in [0.3, 0.4) is 0 Å². The first-order valence-electron chi connectivity index (χ1n) is 6.56. The van der Waals surface area contributed by atoms with Crippen molar-refractivity contribution in [1.29, 1.82) is 0 Å². The fourth-order valence-corrected chi connectivity index (χ4v) is 1.97. The summed E-state index contributed by atoms with van der Waals surface area (Å²) >= 11 is 0. The van der Waals surface area contributed by atoms with Gasteiger partial charge in [-0.1, -0.05) is 18.2 Å². The van der Waals surface area contributed by atoms with Crippen LogP contribution in [0, 0.1) is 0 Å². The quantitative estimate of drug-likeness (QED) is 0.692. The van der Waals surface area contributed by atoms with E-state index in [-0.39, 0.29) is 0 Å². The summed E-state index contributed by atoms with van der Waals surface area (Å²) in [7, 11) is 1.71. The number of nitrogens with zero attached hydrogens (tertiary/aromatic N) is 1. The van der Waals surface area contributed by atoms with Crippen molar-refractivity contribution >= 4 is 0 Å². The zero-order valence-electron chi connectivity index (χ0n) is 11.3. The molecule has 1 aromatic rings. The average molecular weight is 251 g/mol. The first kappa shape index (κ1) is 15.0. The van der Waals surface area contributed by atoms with Gasteiger partial charge in [-0.15, -0.1) is 0 Å². The highest BCUT2D eigenvalue weighted by molar-refractivity contribution is 5.33. The number of para-hydroxylation sites is 1. The van der Waals surface area contributed by atoms with E-state index in [2.05, 4.69) is 11.0 Å². The molecule has 0 aliphatic carbocycles. The van der Waals surface area contributed by atoms with E-state index in [1.165, 1.54) is 5.56 Å². The topological polar surface area (TPSA) is 64.5 Å². The smallest absolute Gasteiger partial charge is 0.123 e. The minimum absolute atomic E-state index is 0.727. The molecule has 4 heteroatoms. The van der Waals surface area contributed by atoms with E-state index in [0.717, 1.165) is 51.3 Å². The maximum Gasteiger partial charge on any atom is 0.123 e. The molecule has 0 aliphatic heterocycles. The normalized spacial score (nSPS) is 10.9. The van der Waals surface area contributed by atoms with Crippen LogP contribution in [-0.2, 0) is 6.54 Å². The molecule has 0 radical (unpaired) electrons. The maximum atomic E-state index is 5.58. The Balaban J connectivity index is 2.62. The third kappa shape index (κ3) is 5.04. The number of hydrogen-bond acceptors (Lipinski definition) is 4. The van der Waals surface area contributed by atoms with Gasteiger partial charge >= 0.3 is 0 Å². The Hall–Kier alpha value is -1.10. The van der Waals surface area contributed by atoms with Gasteiger partial charge < -0.3 is 16.2 Å². The molecule has 0 spiro atoms. The Morgan fingerprint density at radius 2 is 1.67 bits per heavy atom. The molecule has 0 bridgehead atoms. The van der Waals surface area contributed by atoms with Crippen molar-refractivity contribution in [3.05, 3.63) is 29.8 Å². The van der Waals surface area contributed by atoms with Gasteiger partial charge in [0.25, 0.3) is 0 Å². The van der Waals surface area contributed by atoms with Crippen molar-refractivity contribution in [2.75, 3.05) is 33.3 Å². The summed E-state index contributed by atoms with van der Waals surface area (Å²) in [5, 5.41) is 0. The van der Waals surface area contributed by atoms with Gasteiger partial charge in [-0.25, -0.2) is 0 Å². The summed E-state index contributed by atoms with van der Waals surface area (Å²) in [6.45, 7) is 4.36. The molecule has 18 heavy (non-hydrogen) atoms. The number of nitrogens with two attached hydrogens (primary N) is 2. The molecule has 4 N–H and O–H groups in total. The number of ether oxygens (including phenoxy) is 1. The molecule has 1 rings (SSSR count). The standard InChI is InChI=1S/C14H25N3O/c1-18-14-7-3-2-6-13(14)12-17(10-4-8-15)11-5-9-16/h2-3,6-7H,4-5,8-12,15-16H2,1H3. The molecule has 0 saturated carbocycles. The number of rotatable bonds is 9. The van der Waals surface area contributed by atoms with Gasteiger partial charge in [-0.3, -0.25) is 4.90 Å². The Kier molecular flexibility index (Phi) is 7.41. The Bertz CT molecular complexity index is 323. The minimum Gasteiger partial charge on any atom is -0.496 e. The third-order valence-corrected chi connectivity index (χ3v) is 2.94. The third-order valence-electron chi connectivity index (χ3n) is 2.94. The van der Waals surface area contributed by atoms with Gasteiger partial charge in [0.1, 0.15) is 5.75 Å². The Morgan fingerprint density at radius 1 is 1.06 bits per heavy atom. The predicted molar refractivity (Wildman–Crippen MR) is 75.6 cm³/mol. The van der Waals surface area contributed by atoms with E-state index in [9.17, 15) is 0 Å². The summed E-state index contributed by atoms with van der Waals surface area (Å²) in [6.07, 6.45) is 2.03. The lowest BCUT2D eigenvalue weighted by atomic mass is 10.1. The van der Waals surface area contributed by atoms with Crippen LogP contribution in [0.2, 0.25) is 0 Å². The number of benzene rings is 1. The first-order chi connectivity index (χ1) is 8.81. The highest BCUT2D eigenvalue weighted by Gasteiger charge is 2.08. The van der Waals surface area contributed by atoms with Crippen molar-refractivity contribution < 1.29 is 4.74 Å². The average Bonchev–Trinajstić information content (AvgIpc) is 2.42. The van der Waals surface area contributed by atoms with E-state index < -0.39 is 0 Å². The second-order valence-corrected chi connectivity index (χ2v) is 4.37. The van der Waals surface area contributed by atoms with Crippen molar-refractivity contribution in [3.63, 3.8) is 0 Å². The summed E-state index contributed by atoms with van der Waals surface area (Å²) in [5.41, 5.74) is 12.4. The van der Waals surface area contributed by atoms with Crippen molar-refractivity contribution in [2.24, 2.45) is 11.5 Å². The molecule has 4 nitrogen and oxygen atoms in total. The zero-order chi connectivity index (χ0) is 13.2. The Labute approximate surface area is 110 Å². The van der Waals surface area contributed by atoms with Crippen LogP contribution in [0.15, 0.2) is 24.3 Å². The summed E-state index contributed by atoms with van der Waals surface area (Å²) in [5.74, 6) is 0.947. The molecule has 0 atom stereocenters. The molecule has 0 aliphatic rings. The van der Waals surface area contributed by atoms with Crippen LogP contribution < -0.4 is 16.2 Å². The second-order valence-electron chi connectivity index (χ2n) is 4.37. The number of methoxy groups -OCH3 is 1. The fourth-order valence-electron chi connectivity index (χ4n) is 1.97. The molecular formula is C14H25N3O. The van der Waals surface area contributed by atoms with E-state index >= 15 is 0 Å². The van der Waals surface area contributed by atoms with Gasteiger partial charge in [-0.2, -0.15) is 0 Å². The van der Waals surface area contributed by atoms with Gasteiger partial charge in [-0.05, 0) is 45.1 Å². The van der Waals surface area contributed by atoms with Crippen molar-refractivity contribution in [3.8, 4) is 5.75 Å². The molecular weight excluding hydrogens is 226 g/mol. The summed E-state index contributed by atoms with van der Waals surface area (Å²) in [4.78, 5) is 2.39. The maximum absolute atomic E-state index is 5.58. The monoisotopic (exact) mass is 251 g/mol. The van der Waals surface area contributed by atoms with Crippen molar-refractivity contribution in [2.45, 2.75) is 19.4 Å². The largest absolute Gasteiger partial charge is 0.496 e. The number of hydrogen-bond donors (Lipinski definition) is 2. The molecule has 0 unspecified atom stereocenters. The van der Waals surface area contributed by atoms with Crippen LogP contribution >= 0.6 is 0 Å². The molecule has 0 aromatic heterocycles. The molecule has 102 valence electrons. The lowest BCUT2D eigenvalue weighted by Crippen LogP contribution is -2.28. The molecule has 0 saturated heterocycles. The van der Waals surface area contributed by atoms with Crippen LogP contribution in [0.25, 0.3) is 0 Å². The summed E-state index contributed by atoms with van der Waals surface area (Å²) < 4.78 is 5.38. The van der Waals surface area contributed by atoms with Crippen LogP contribution in [0.4, 0.5) is 0 Å².